The summed E-state index contributed by atoms with van der Waals surface area (Å²) in [6.45, 7) is 2.38. The third kappa shape index (κ3) is 4.51. The summed E-state index contributed by atoms with van der Waals surface area (Å²) in [7, 11) is 0. The van der Waals surface area contributed by atoms with Crippen molar-refractivity contribution in [3.63, 3.8) is 0 Å². The van der Waals surface area contributed by atoms with Crippen molar-refractivity contribution >= 4 is 29.3 Å². The molecule has 24 heavy (non-hydrogen) atoms. The highest BCUT2D eigenvalue weighted by molar-refractivity contribution is 6.32. The van der Waals surface area contributed by atoms with Crippen molar-refractivity contribution in [3.8, 4) is 17.6 Å². The highest BCUT2D eigenvalue weighted by Crippen LogP contribution is 2.25. The van der Waals surface area contributed by atoms with Gasteiger partial charge < -0.3 is 15.2 Å². The fourth-order valence-electron chi connectivity index (χ4n) is 1.96. The molecule has 6 heteroatoms. The van der Waals surface area contributed by atoms with E-state index in [0.717, 1.165) is 0 Å². The summed E-state index contributed by atoms with van der Waals surface area (Å²) in [6.07, 6.45) is 1.40. The Balaban J connectivity index is 2.19. The van der Waals surface area contributed by atoms with Crippen LogP contribution in [0.4, 0.5) is 5.69 Å². The zero-order valence-electron chi connectivity index (χ0n) is 12.9. The van der Waals surface area contributed by atoms with Crippen molar-refractivity contribution in [1.29, 1.82) is 5.26 Å². The van der Waals surface area contributed by atoms with Crippen molar-refractivity contribution in [2.24, 2.45) is 0 Å². The number of nitrogens with one attached hydrogen (secondary N) is 1. The summed E-state index contributed by atoms with van der Waals surface area (Å²) < 4.78 is 5.37. The third-order valence-corrected chi connectivity index (χ3v) is 3.35. The number of aromatic hydroxyl groups is 1. The molecule has 0 saturated heterocycles. The van der Waals surface area contributed by atoms with Crippen LogP contribution >= 0.6 is 11.6 Å². The number of ether oxygens (including phenoxy) is 1. The van der Waals surface area contributed by atoms with Crippen molar-refractivity contribution in [2.75, 3.05) is 11.9 Å². The van der Waals surface area contributed by atoms with E-state index in [1.54, 1.807) is 30.3 Å². The van der Waals surface area contributed by atoms with E-state index in [2.05, 4.69) is 5.32 Å². The van der Waals surface area contributed by atoms with E-state index < -0.39 is 5.91 Å². The highest BCUT2D eigenvalue weighted by atomic mass is 35.5. The lowest BCUT2D eigenvalue weighted by Gasteiger charge is -2.07. The van der Waals surface area contributed by atoms with Crippen LogP contribution in [0.15, 0.2) is 48.0 Å². The molecule has 2 rings (SSSR count). The number of hydrogen-bond donors (Lipinski definition) is 2. The molecule has 0 unspecified atom stereocenters. The van der Waals surface area contributed by atoms with Gasteiger partial charge in [-0.1, -0.05) is 23.7 Å². The number of phenolic OH excluding ortho intramolecular Hbond substituents is 1. The molecule has 0 aliphatic heterocycles. The summed E-state index contributed by atoms with van der Waals surface area (Å²) in [5, 5.41) is 21.4. The topological polar surface area (TPSA) is 82.3 Å². The molecule has 0 spiro atoms. The van der Waals surface area contributed by atoms with Gasteiger partial charge in [0.15, 0.2) is 0 Å². The van der Waals surface area contributed by atoms with Gasteiger partial charge in [0.05, 0.1) is 11.6 Å². The van der Waals surface area contributed by atoms with Gasteiger partial charge in [-0.25, -0.2) is 0 Å². The molecule has 2 N–H and O–H groups in total. The van der Waals surface area contributed by atoms with Crippen LogP contribution in [0.1, 0.15) is 12.5 Å². The van der Waals surface area contributed by atoms with Crippen LogP contribution in [0.25, 0.3) is 6.08 Å². The minimum absolute atomic E-state index is 0.0653. The van der Waals surface area contributed by atoms with Crippen LogP contribution in [0, 0.1) is 11.3 Å². The summed E-state index contributed by atoms with van der Waals surface area (Å²) in [6, 6.07) is 13.2. The predicted molar refractivity (Wildman–Crippen MR) is 92.9 cm³/mol. The zero-order chi connectivity index (χ0) is 17.5. The maximum absolute atomic E-state index is 12.2. The monoisotopic (exact) mass is 342 g/mol. The number of nitrogens with zero attached hydrogens (tertiary/aromatic N) is 1. The number of hydrogen-bond acceptors (Lipinski definition) is 4. The van der Waals surface area contributed by atoms with Gasteiger partial charge in [0.1, 0.15) is 23.1 Å². The van der Waals surface area contributed by atoms with Gasteiger partial charge in [0, 0.05) is 11.8 Å². The molecule has 2 aromatic carbocycles. The second kappa shape index (κ2) is 8.04. The smallest absolute Gasteiger partial charge is 0.266 e. The molecule has 0 aliphatic rings. The van der Waals surface area contributed by atoms with Crippen LogP contribution in [0.2, 0.25) is 5.02 Å². The Morgan fingerprint density at radius 1 is 1.38 bits per heavy atom. The van der Waals surface area contributed by atoms with E-state index in [-0.39, 0.29) is 16.3 Å². The average Bonchev–Trinajstić information content (AvgIpc) is 2.56. The fraction of sp³-hybridized carbons (Fsp3) is 0.111. The second-order valence-electron chi connectivity index (χ2n) is 4.80. The molecule has 0 bridgehead atoms. The van der Waals surface area contributed by atoms with E-state index in [9.17, 15) is 15.2 Å². The maximum Gasteiger partial charge on any atom is 0.266 e. The summed E-state index contributed by atoms with van der Waals surface area (Å²) in [5.41, 5.74) is 0.974. The van der Waals surface area contributed by atoms with Gasteiger partial charge in [-0.15, -0.1) is 0 Å². The number of anilines is 1. The van der Waals surface area contributed by atoms with Gasteiger partial charge in [-0.2, -0.15) is 5.26 Å². The zero-order valence-corrected chi connectivity index (χ0v) is 13.7. The molecule has 0 atom stereocenters. The van der Waals surface area contributed by atoms with E-state index in [0.29, 0.717) is 23.6 Å². The summed E-state index contributed by atoms with van der Waals surface area (Å²) >= 11 is 5.82. The number of nitriles is 1. The molecule has 0 aliphatic carbocycles. The number of amides is 1. The van der Waals surface area contributed by atoms with Crippen LogP contribution in [0.5, 0.6) is 11.5 Å². The number of phenols is 1. The third-order valence-electron chi connectivity index (χ3n) is 3.05. The van der Waals surface area contributed by atoms with Crippen LogP contribution < -0.4 is 10.1 Å². The Morgan fingerprint density at radius 3 is 2.83 bits per heavy atom. The average molecular weight is 343 g/mol. The molecule has 0 fully saturated rings. The van der Waals surface area contributed by atoms with Gasteiger partial charge in [-0.05, 0) is 42.8 Å². The van der Waals surface area contributed by atoms with E-state index in [4.69, 9.17) is 16.3 Å². The first-order valence-electron chi connectivity index (χ1n) is 7.18. The van der Waals surface area contributed by atoms with Crippen molar-refractivity contribution in [1.82, 2.24) is 0 Å². The van der Waals surface area contributed by atoms with Crippen molar-refractivity contribution < 1.29 is 14.6 Å². The molecule has 2 aromatic rings. The largest absolute Gasteiger partial charge is 0.506 e. The molecular formula is C18H15ClN2O3. The quantitative estimate of drug-likeness (QED) is 0.635. The van der Waals surface area contributed by atoms with Gasteiger partial charge >= 0.3 is 0 Å². The van der Waals surface area contributed by atoms with Gasteiger partial charge in [0.25, 0.3) is 5.91 Å². The normalized spacial score (nSPS) is 10.8. The SMILES string of the molecule is CCOc1cccc(NC(=O)/C(C#N)=C\c2ccc(O)c(Cl)c2)c1. The summed E-state index contributed by atoms with van der Waals surface area (Å²) in [4.78, 5) is 12.2. The fourth-order valence-corrected chi connectivity index (χ4v) is 2.15. The molecule has 0 heterocycles. The Hall–Kier alpha value is -2.97. The van der Waals surface area contributed by atoms with Crippen molar-refractivity contribution in [3.05, 3.63) is 58.6 Å². The van der Waals surface area contributed by atoms with Crippen LogP contribution in [0.3, 0.4) is 0 Å². The van der Waals surface area contributed by atoms with Gasteiger partial charge in [0.2, 0.25) is 0 Å². The molecule has 5 nitrogen and oxygen atoms in total. The molecule has 0 aromatic heterocycles. The number of halogens is 1. The number of carbonyl (C=O) groups excluding carboxylic acids is 1. The number of rotatable bonds is 5. The number of benzene rings is 2. The Kier molecular flexibility index (Phi) is 5.83. The minimum Gasteiger partial charge on any atom is -0.506 e. The molecular weight excluding hydrogens is 328 g/mol. The standard InChI is InChI=1S/C18H15ClN2O3/c1-2-24-15-5-3-4-14(10-15)21-18(23)13(11-20)8-12-6-7-17(22)16(19)9-12/h3-10,22H,2H2,1H3,(H,21,23)/b13-8-. The highest BCUT2D eigenvalue weighted by Gasteiger charge is 2.10. The van der Waals surface area contributed by atoms with E-state index >= 15 is 0 Å². The molecule has 0 saturated carbocycles. The van der Waals surface area contributed by atoms with Gasteiger partial charge in [-0.3, -0.25) is 4.79 Å². The minimum atomic E-state index is -0.546. The van der Waals surface area contributed by atoms with Crippen LogP contribution in [-0.4, -0.2) is 17.6 Å². The Morgan fingerprint density at radius 2 is 2.17 bits per heavy atom. The summed E-state index contributed by atoms with van der Waals surface area (Å²) in [5.74, 6) is 0.0166. The predicted octanol–water partition coefficient (Wildman–Crippen LogP) is 3.99. The lowest BCUT2D eigenvalue weighted by atomic mass is 10.1. The molecule has 1 amide bonds. The lowest BCUT2D eigenvalue weighted by Crippen LogP contribution is -2.13. The maximum atomic E-state index is 12.2. The lowest BCUT2D eigenvalue weighted by molar-refractivity contribution is -0.112. The first-order chi connectivity index (χ1) is 11.5. The van der Waals surface area contributed by atoms with E-state index in [1.807, 2.05) is 13.0 Å². The van der Waals surface area contributed by atoms with E-state index in [1.165, 1.54) is 18.2 Å². The molecule has 0 radical (unpaired) electrons. The first-order valence-corrected chi connectivity index (χ1v) is 7.55. The molecule has 122 valence electrons. The van der Waals surface area contributed by atoms with Crippen molar-refractivity contribution in [2.45, 2.75) is 6.92 Å². The number of carbonyl (C=O) groups is 1. The first kappa shape index (κ1) is 17.4. The van der Waals surface area contributed by atoms with Crippen LogP contribution in [-0.2, 0) is 4.79 Å². The Labute approximate surface area is 144 Å². The Bertz CT molecular complexity index is 825. The second-order valence-corrected chi connectivity index (χ2v) is 5.20.